The highest BCUT2D eigenvalue weighted by Gasteiger charge is 2.15. The van der Waals surface area contributed by atoms with E-state index in [1.807, 2.05) is 18.7 Å². The van der Waals surface area contributed by atoms with Crippen molar-refractivity contribution in [2.45, 2.75) is 26.8 Å². The summed E-state index contributed by atoms with van der Waals surface area (Å²) in [5.74, 6) is 0.398. The molecule has 7 heteroatoms. The van der Waals surface area contributed by atoms with E-state index >= 15 is 0 Å². The lowest BCUT2D eigenvalue weighted by atomic mass is 10.3. The first-order valence-electron chi connectivity index (χ1n) is 5.70. The Morgan fingerprint density at radius 3 is 2.67 bits per heavy atom. The fourth-order valence-electron chi connectivity index (χ4n) is 1.56. The Morgan fingerprint density at radius 2 is 2.17 bits per heavy atom. The van der Waals surface area contributed by atoms with Gasteiger partial charge in [0.2, 0.25) is 5.95 Å². The quantitative estimate of drug-likeness (QED) is 0.297. The molecule has 0 radical (unpaired) electrons. The van der Waals surface area contributed by atoms with Crippen molar-refractivity contribution < 1.29 is 10.3 Å². The highest BCUT2D eigenvalue weighted by Crippen LogP contribution is 2.13. The van der Waals surface area contributed by atoms with Crippen LogP contribution in [0.25, 0.3) is 0 Å². The molecule has 0 spiro atoms. The summed E-state index contributed by atoms with van der Waals surface area (Å²) in [6, 6.07) is 1.77. The SMILES string of the molecule is Cc1cc(/C(N)=N/O)nc(N(CCO)C(C)C)n1. The molecule has 4 N–H and O–H groups in total. The van der Waals surface area contributed by atoms with Gasteiger partial charge in [0.15, 0.2) is 5.84 Å². The summed E-state index contributed by atoms with van der Waals surface area (Å²) in [6.45, 7) is 6.19. The number of hydrogen-bond acceptors (Lipinski definition) is 6. The number of aryl methyl sites for hydroxylation is 1. The van der Waals surface area contributed by atoms with Gasteiger partial charge in [-0.2, -0.15) is 0 Å². The molecule has 0 unspecified atom stereocenters. The van der Waals surface area contributed by atoms with Crippen LogP contribution in [-0.4, -0.2) is 45.3 Å². The smallest absolute Gasteiger partial charge is 0.226 e. The Morgan fingerprint density at radius 1 is 1.50 bits per heavy atom. The maximum absolute atomic E-state index is 9.06. The second kappa shape index (κ2) is 6.15. The number of aliphatic hydroxyl groups excluding tert-OH is 1. The number of amidine groups is 1. The molecule has 1 aromatic heterocycles. The van der Waals surface area contributed by atoms with Crippen molar-refractivity contribution >= 4 is 11.8 Å². The maximum atomic E-state index is 9.06. The van der Waals surface area contributed by atoms with Crippen LogP contribution in [0.5, 0.6) is 0 Å². The molecule has 1 rings (SSSR count). The summed E-state index contributed by atoms with van der Waals surface area (Å²) in [7, 11) is 0. The van der Waals surface area contributed by atoms with Gasteiger partial charge in [0.05, 0.1) is 6.61 Å². The standard InChI is InChI=1S/C11H19N5O2/c1-7(2)16(4-5-17)11-13-8(3)6-9(14-11)10(12)15-18/h6-7,17-18H,4-5H2,1-3H3,(H2,12,15). The number of oxime groups is 1. The van der Waals surface area contributed by atoms with Crippen molar-refractivity contribution in [2.75, 3.05) is 18.1 Å². The lowest BCUT2D eigenvalue weighted by Crippen LogP contribution is -2.35. The van der Waals surface area contributed by atoms with Gasteiger partial charge in [-0.3, -0.25) is 0 Å². The van der Waals surface area contributed by atoms with Crippen molar-refractivity contribution in [1.29, 1.82) is 0 Å². The van der Waals surface area contributed by atoms with Crippen LogP contribution in [0, 0.1) is 6.92 Å². The lowest BCUT2D eigenvalue weighted by Gasteiger charge is -2.26. The van der Waals surface area contributed by atoms with E-state index in [9.17, 15) is 0 Å². The molecule has 0 atom stereocenters. The van der Waals surface area contributed by atoms with E-state index in [2.05, 4.69) is 15.1 Å². The average molecular weight is 253 g/mol. The van der Waals surface area contributed by atoms with Crippen molar-refractivity contribution in [3.8, 4) is 0 Å². The minimum Gasteiger partial charge on any atom is -0.409 e. The normalized spacial score (nSPS) is 11.9. The minimum absolute atomic E-state index is 0.00832. The molecule has 7 nitrogen and oxygen atoms in total. The van der Waals surface area contributed by atoms with E-state index < -0.39 is 0 Å². The summed E-state index contributed by atoms with van der Waals surface area (Å²) in [4.78, 5) is 10.4. The lowest BCUT2D eigenvalue weighted by molar-refractivity contribution is 0.298. The van der Waals surface area contributed by atoms with Gasteiger partial charge in [-0.1, -0.05) is 5.16 Å². The van der Waals surface area contributed by atoms with Crippen LogP contribution in [0.2, 0.25) is 0 Å². The number of rotatable bonds is 5. The Balaban J connectivity index is 3.18. The van der Waals surface area contributed by atoms with Crippen molar-refractivity contribution in [3.05, 3.63) is 17.5 Å². The minimum atomic E-state index is -0.0607. The maximum Gasteiger partial charge on any atom is 0.226 e. The molecule has 0 bridgehead atoms. The topological polar surface area (TPSA) is 108 Å². The highest BCUT2D eigenvalue weighted by molar-refractivity contribution is 5.95. The van der Waals surface area contributed by atoms with E-state index in [1.54, 1.807) is 13.0 Å². The number of nitrogens with zero attached hydrogens (tertiary/aromatic N) is 4. The Bertz CT molecular complexity index is 433. The largest absolute Gasteiger partial charge is 0.409 e. The van der Waals surface area contributed by atoms with Gasteiger partial charge in [0, 0.05) is 18.3 Å². The van der Waals surface area contributed by atoms with Crippen molar-refractivity contribution in [3.63, 3.8) is 0 Å². The fraction of sp³-hybridized carbons (Fsp3) is 0.545. The third-order valence-electron chi connectivity index (χ3n) is 2.43. The van der Waals surface area contributed by atoms with Crippen LogP contribution < -0.4 is 10.6 Å². The third kappa shape index (κ3) is 3.30. The van der Waals surface area contributed by atoms with Crippen LogP contribution >= 0.6 is 0 Å². The van der Waals surface area contributed by atoms with Gasteiger partial charge in [-0.15, -0.1) is 0 Å². The zero-order valence-corrected chi connectivity index (χ0v) is 10.8. The van der Waals surface area contributed by atoms with Gasteiger partial charge in [0.25, 0.3) is 0 Å². The number of hydrogen-bond donors (Lipinski definition) is 3. The zero-order chi connectivity index (χ0) is 13.7. The number of aromatic nitrogens is 2. The van der Waals surface area contributed by atoms with Gasteiger partial charge < -0.3 is 20.9 Å². The van der Waals surface area contributed by atoms with E-state index in [0.717, 1.165) is 0 Å². The van der Waals surface area contributed by atoms with Gasteiger partial charge in [0.1, 0.15) is 5.69 Å². The van der Waals surface area contributed by atoms with Crippen LogP contribution in [0.4, 0.5) is 5.95 Å². The number of nitrogens with two attached hydrogens (primary N) is 1. The molecule has 0 aliphatic rings. The Hall–Kier alpha value is -1.89. The molecule has 18 heavy (non-hydrogen) atoms. The third-order valence-corrected chi connectivity index (χ3v) is 2.43. The van der Waals surface area contributed by atoms with Crippen LogP contribution in [-0.2, 0) is 0 Å². The second-order valence-electron chi connectivity index (χ2n) is 4.19. The molecule has 1 aromatic rings. The van der Waals surface area contributed by atoms with E-state index in [4.69, 9.17) is 16.0 Å². The fourth-order valence-corrected chi connectivity index (χ4v) is 1.56. The average Bonchev–Trinajstić information content (AvgIpc) is 2.33. The van der Waals surface area contributed by atoms with E-state index in [1.165, 1.54) is 0 Å². The molecule has 100 valence electrons. The predicted octanol–water partition coefficient (Wildman–Crippen LogP) is 0.0866. The van der Waals surface area contributed by atoms with E-state index in [-0.39, 0.29) is 18.5 Å². The van der Waals surface area contributed by atoms with Crippen LogP contribution in [0.15, 0.2) is 11.2 Å². The van der Waals surface area contributed by atoms with Crippen molar-refractivity contribution in [2.24, 2.45) is 10.9 Å². The molecule has 0 fully saturated rings. The molecule has 0 aromatic carbocycles. The highest BCUT2D eigenvalue weighted by atomic mass is 16.4. The monoisotopic (exact) mass is 253 g/mol. The zero-order valence-electron chi connectivity index (χ0n) is 10.8. The Labute approximate surface area is 106 Å². The van der Waals surface area contributed by atoms with Gasteiger partial charge in [-0.25, -0.2) is 9.97 Å². The molecular formula is C11H19N5O2. The number of aliphatic hydroxyl groups is 1. The summed E-state index contributed by atoms with van der Waals surface area (Å²) >= 11 is 0. The summed E-state index contributed by atoms with van der Waals surface area (Å²) in [5, 5.41) is 20.7. The first-order valence-corrected chi connectivity index (χ1v) is 5.70. The first kappa shape index (κ1) is 14.2. The molecular weight excluding hydrogens is 234 g/mol. The Kier molecular flexibility index (Phi) is 4.85. The molecule has 0 amide bonds. The van der Waals surface area contributed by atoms with E-state index in [0.29, 0.717) is 23.9 Å². The molecule has 0 saturated heterocycles. The van der Waals surface area contributed by atoms with Gasteiger partial charge >= 0.3 is 0 Å². The van der Waals surface area contributed by atoms with Crippen LogP contribution in [0.1, 0.15) is 25.2 Å². The first-order chi connectivity index (χ1) is 8.49. The predicted molar refractivity (Wildman–Crippen MR) is 68.8 cm³/mol. The van der Waals surface area contributed by atoms with Crippen molar-refractivity contribution in [1.82, 2.24) is 9.97 Å². The summed E-state index contributed by atoms with van der Waals surface area (Å²) in [6.07, 6.45) is 0. The number of anilines is 1. The summed E-state index contributed by atoms with van der Waals surface area (Å²) in [5.41, 5.74) is 6.60. The van der Waals surface area contributed by atoms with Gasteiger partial charge in [-0.05, 0) is 26.8 Å². The molecule has 0 aliphatic heterocycles. The van der Waals surface area contributed by atoms with Crippen LogP contribution in [0.3, 0.4) is 0 Å². The second-order valence-corrected chi connectivity index (χ2v) is 4.19. The molecule has 0 aliphatic carbocycles. The molecule has 0 saturated carbocycles. The molecule has 1 heterocycles. The summed E-state index contributed by atoms with van der Waals surface area (Å²) < 4.78 is 0.